The molecule has 0 radical (unpaired) electrons. The largest absolute Gasteiger partial charge is 0.327 e. The number of carbonyl (C=O) groups excluding carboxylic acids is 2. The van der Waals surface area contributed by atoms with Crippen LogP contribution in [0.15, 0.2) is 17.5 Å². The van der Waals surface area contributed by atoms with E-state index in [1.54, 1.807) is 16.2 Å². The third-order valence-corrected chi connectivity index (χ3v) is 6.62. The van der Waals surface area contributed by atoms with Gasteiger partial charge in [0.2, 0.25) is 10.0 Å². The van der Waals surface area contributed by atoms with Gasteiger partial charge in [-0.3, -0.25) is 9.69 Å². The number of sulfonamides is 1. The highest BCUT2D eigenvalue weighted by Crippen LogP contribution is 2.33. The van der Waals surface area contributed by atoms with E-state index in [9.17, 15) is 18.0 Å². The van der Waals surface area contributed by atoms with E-state index < -0.39 is 28.0 Å². The molecular weight excluding hydrogens is 350 g/mol. The smallest absolute Gasteiger partial charge is 0.314 e. The van der Waals surface area contributed by atoms with Crippen molar-refractivity contribution in [3.05, 3.63) is 22.4 Å². The molecule has 2 saturated heterocycles. The van der Waals surface area contributed by atoms with Gasteiger partial charge in [-0.15, -0.1) is 11.3 Å². The molecule has 132 valence electrons. The Kier molecular flexibility index (Phi) is 4.67. The summed E-state index contributed by atoms with van der Waals surface area (Å²) in [5.41, 5.74) is 0. The predicted octanol–water partition coefficient (Wildman–Crippen LogP) is 1.32. The summed E-state index contributed by atoms with van der Waals surface area (Å²) in [6.07, 6.45) is 2.24. The van der Waals surface area contributed by atoms with Crippen LogP contribution in [0.25, 0.3) is 0 Å². The maximum atomic E-state index is 12.8. The lowest BCUT2D eigenvalue weighted by Gasteiger charge is -2.43. The molecule has 2 fully saturated rings. The Morgan fingerprint density at radius 2 is 2.08 bits per heavy atom. The van der Waals surface area contributed by atoms with Crippen LogP contribution in [0.5, 0.6) is 0 Å². The second-order valence-electron chi connectivity index (χ2n) is 6.15. The van der Waals surface area contributed by atoms with Crippen molar-refractivity contribution in [1.29, 1.82) is 0 Å². The SMILES string of the molecule is CCCN1C(=O)C2C(CCN2S(C)(=O)=O)N(Cc2cccs2)C1=O. The van der Waals surface area contributed by atoms with Crippen LogP contribution in [0.4, 0.5) is 4.79 Å². The lowest BCUT2D eigenvalue weighted by atomic mass is 10.0. The third-order valence-electron chi connectivity index (χ3n) is 4.50. The van der Waals surface area contributed by atoms with E-state index >= 15 is 0 Å². The first kappa shape index (κ1) is 17.4. The maximum absolute atomic E-state index is 12.8. The van der Waals surface area contributed by atoms with Crippen molar-refractivity contribution < 1.29 is 18.0 Å². The van der Waals surface area contributed by atoms with Gasteiger partial charge in [0.1, 0.15) is 6.04 Å². The standard InChI is InChI=1S/C15H21N3O4S2/c1-3-7-16-14(19)13-12(6-8-18(13)24(2,21)22)17(15(16)20)10-11-5-4-9-23-11/h4-5,9,12-13H,3,6-8,10H2,1-2H3. The fourth-order valence-corrected chi connectivity index (χ4v) is 5.25. The lowest BCUT2D eigenvalue weighted by molar-refractivity contribution is -0.136. The van der Waals surface area contributed by atoms with Crippen molar-refractivity contribution in [2.45, 2.75) is 38.4 Å². The van der Waals surface area contributed by atoms with Crippen molar-refractivity contribution in [2.75, 3.05) is 19.3 Å². The van der Waals surface area contributed by atoms with Crippen molar-refractivity contribution in [3.8, 4) is 0 Å². The van der Waals surface area contributed by atoms with Gasteiger partial charge in [-0.05, 0) is 24.3 Å². The molecule has 2 unspecified atom stereocenters. The van der Waals surface area contributed by atoms with E-state index in [2.05, 4.69) is 0 Å². The highest BCUT2D eigenvalue weighted by atomic mass is 32.2. The Hall–Kier alpha value is -1.45. The van der Waals surface area contributed by atoms with Crippen molar-refractivity contribution in [2.24, 2.45) is 0 Å². The molecule has 2 atom stereocenters. The Bertz CT molecular complexity index is 732. The van der Waals surface area contributed by atoms with Gasteiger partial charge in [-0.25, -0.2) is 13.2 Å². The molecule has 2 aliphatic heterocycles. The number of hydrogen-bond donors (Lipinski definition) is 0. The number of imide groups is 1. The average molecular weight is 371 g/mol. The first-order valence-corrected chi connectivity index (χ1v) is 10.7. The minimum absolute atomic E-state index is 0.272. The van der Waals surface area contributed by atoms with Crippen LogP contribution < -0.4 is 0 Å². The number of fused-ring (bicyclic) bond motifs is 1. The molecule has 0 aromatic carbocycles. The molecule has 0 bridgehead atoms. The second-order valence-corrected chi connectivity index (χ2v) is 9.12. The molecule has 1 aromatic rings. The molecule has 3 amide bonds. The van der Waals surface area contributed by atoms with Crippen molar-refractivity contribution in [3.63, 3.8) is 0 Å². The molecule has 9 heteroatoms. The van der Waals surface area contributed by atoms with Gasteiger partial charge in [-0.1, -0.05) is 13.0 Å². The molecule has 3 rings (SSSR count). The maximum Gasteiger partial charge on any atom is 0.327 e. The van der Waals surface area contributed by atoms with Crippen LogP contribution in [0.3, 0.4) is 0 Å². The summed E-state index contributed by atoms with van der Waals surface area (Å²) in [5, 5.41) is 1.94. The third kappa shape index (κ3) is 2.96. The summed E-state index contributed by atoms with van der Waals surface area (Å²) in [6.45, 7) is 2.87. The quantitative estimate of drug-likeness (QED) is 0.782. The first-order chi connectivity index (χ1) is 11.3. The number of nitrogens with zero attached hydrogens (tertiary/aromatic N) is 3. The Balaban J connectivity index is 1.96. The molecule has 0 saturated carbocycles. The van der Waals surface area contributed by atoms with E-state index in [0.717, 1.165) is 11.1 Å². The van der Waals surface area contributed by atoms with Gasteiger partial charge in [0, 0.05) is 18.0 Å². The zero-order valence-corrected chi connectivity index (χ0v) is 15.3. The normalized spacial score (nSPS) is 25.4. The van der Waals surface area contributed by atoms with Crippen LogP contribution in [0.1, 0.15) is 24.6 Å². The molecule has 3 heterocycles. The van der Waals surface area contributed by atoms with E-state index in [4.69, 9.17) is 0 Å². The number of thiophene rings is 1. The Labute approximate surface area is 145 Å². The number of carbonyl (C=O) groups is 2. The molecule has 0 aliphatic carbocycles. The topological polar surface area (TPSA) is 78.0 Å². The monoisotopic (exact) mass is 371 g/mol. The molecule has 1 aromatic heterocycles. The molecule has 2 aliphatic rings. The fraction of sp³-hybridized carbons (Fsp3) is 0.600. The van der Waals surface area contributed by atoms with E-state index in [1.807, 2.05) is 24.4 Å². The zero-order valence-electron chi connectivity index (χ0n) is 13.7. The Morgan fingerprint density at radius 1 is 1.33 bits per heavy atom. The average Bonchev–Trinajstić information content (AvgIpc) is 3.16. The summed E-state index contributed by atoms with van der Waals surface area (Å²) in [4.78, 5) is 29.5. The van der Waals surface area contributed by atoms with Gasteiger partial charge in [0.15, 0.2) is 0 Å². The van der Waals surface area contributed by atoms with E-state index in [0.29, 0.717) is 25.9 Å². The van der Waals surface area contributed by atoms with Gasteiger partial charge in [-0.2, -0.15) is 4.31 Å². The van der Waals surface area contributed by atoms with Crippen molar-refractivity contribution in [1.82, 2.24) is 14.1 Å². The van der Waals surface area contributed by atoms with Gasteiger partial charge in [0.25, 0.3) is 5.91 Å². The van der Waals surface area contributed by atoms with Crippen LogP contribution in [-0.4, -0.2) is 65.9 Å². The minimum Gasteiger partial charge on any atom is -0.314 e. The number of urea groups is 1. The minimum atomic E-state index is -3.50. The molecule has 7 nitrogen and oxygen atoms in total. The molecular formula is C15H21N3O4S2. The summed E-state index contributed by atoms with van der Waals surface area (Å²) in [6, 6.07) is 2.35. The summed E-state index contributed by atoms with van der Waals surface area (Å²) in [5.74, 6) is -0.391. The molecule has 24 heavy (non-hydrogen) atoms. The summed E-state index contributed by atoms with van der Waals surface area (Å²) in [7, 11) is -3.50. The van der Waals surface area contributed by atoms with Crippen LogP contribution in [0.2, 0.25) is 0 Å². The van der Waals surface area contributed by atoms with Crippen LogP contribution in [0, 0.1) is 0 Å². The highest BCUT2D eigenvalue weighted by molar-refractivity contribution is 7.88. The van der Waals surface area contributed by atoms with Gasteiger partial charge >= 0.3 is 6.03 Å². The highest BCUT2D eigenvalue weighted by Gasteiger charge is 2.54. The fourth-order valence-electron chi connectivity index (χ4n) is 3.47. The van der Waals surface area contributed by atoms with Gasteiger partial charge < -0.3 is 4.90 Å². The number of rotatable bonds is 5. The zero-order chi connectivity index (χ0) is 17.5. The lowest BCUT2D eigenvalue weighted by Crippen LogP contribution is -2.65. The van der Waals surface area contributed by atoms with E-state index in [1.165, 1.54) is 9.21 Å². The number of hydrogen-bond acceptors (Lipinski definition) is 5. The van der Waals surface area contributed by atoms with Crippen molar-refractivity contribution >= 4 is 33.3 Å². The summed E-state index contributed by atoms with van der Waals surface area (Å²) >= 11 is 1.55. The number of amides is 3. The second kappa shape index (κ2) is 6.45. The predicted molar refractivity (Wildman–Crippen MR) is 91.0 cm³/mol. The van der Waals surface area contributed by atoms with Gasteiger partial charge in [0.05, 0.1) is 18.8 Å². The molecule has 0 spiro atoms. The van der Waals surface area contributed by atoms with Crippen LogP contribution >= 0.6 is 11.3 Å². The van der Waals surface area contributed by atoms with E-state index in [-0.39, 0.29) is 12.6 Å². The first-order valence-electron chi connectivity index (χ1n) is 7.95. The summed E-state index contributed by atoms with van der Waals surface area (Å²) < 4.78 is 25.4. The Morgan fingerprint density at radius 3 is 2.67 bits per heavy atom. The molecule has 0 N–H and O–H groups in total. The van der Waals surface area contributed by atoms with Crippen LogP contribution in [-0.2, 0) is 21.4 Å².